The summed E-state index contributed by atoms with van der Waals surface area (Å²) in [4.78, 5) is 0. The summed E-state index contributed by atoms with van der Waals surface area (Å²) in [5, 5.41) is 3.56. The summed E-state index contributed by atoms with van der Waals surface area (Å²) in [6.07, 6.45) is 0. The van der Waals surface area contributed by atoms with Gasteiger partial charge < -0.3 is 0 Å². The Bertz CT molecular complexity index is 2140. The number of benzene rings is 7. The van der Waals surface area contributed by atoms with Crippen LogP contribution in [0, 0.1) is 0 Å². The summed E-state index contributed by atoms with van der Waals surface area (Å²) in [7, 11) is 0. The van der Waals surface area contributed by atoms with Crippen LogP contribution in [0.15, 0.2) is 158 Å². The molecular formula is C38H26. The molecular weight excluding hydrogens is 456 g/mol. The van der Waals surface area contributed by atoms with Gasteiger partial charge in [-0.2, -0.15) is 0 Å². The summed E-state index contributed by atoms with van der Waals surface area (Å²) >= 11 is 0. The molecule has 0 heteroatoms. The number of hydrogen-bond donors (Lipinski definition) is 0. The zero-order valence-electron chi connectivity index (χ0n) is 25.6. The van der Waals surface area contributed by atoms with E-state index in [9.17, 15) is 0 Å². The van der Waals surface area contributed by atoms with Gasteiger partial charge in [0.15, 0.2) is 0 Å². The monoisotopic (exact) mass is 487 g/mol. The average Bonchev–Trinajstić information content (AvgIpc) is 3.07. The van der Waals surface area contributed by atoms with Gasteiger partial charge in [-0.1, -0.05) is 152 Å². The molecule has 0 radical (unpaired) electrons. The molecule has 0 amide bonds. The fraction of sp³-hybridized carbons (Fsp3) is 0. The van der Waals surface area contributed by atoms with Crippen LogP contribution in [0.2, 0.25) is 0 Å². The third-order valence-corrected chi connectivity index (χ3v) is 7.16. The Kier molecular flexibility index (Phi) is 4.38. The minimum Gasteiger partial charge on any atom is -0.0622 e. The third-order valence-electron chi connectivity index (χ3n) is 7.16. The van der Waals surface area contributed by atoms with Crippen LogP contribution in [0.3, 0.4) is 0 Å². The second-order valence-corrected chi connectivity index (χ2v) is 9.33. The van der Waals surface area contributed by atoms with Crippen LogP contribution in [0.1, 0.15) is 6.85 Å². The van der Waals surface area contributed by atoms with E-state index >= 15 is 0 Å². The van der Waals surface area contributed by atoms with E-state index in [1.807, 2.05) is 66.7 Å². The standard InChI is InChI=1S/C38H26/c1-4-14-27(15-5-1)30-24-25-35-36(26-30)37(29-18-8-3-9-19-29)33-22-12-13-23-34(33)38(35)32-21-11-10-20-31(32)28-16-6-2-7-17-28/h1-26H/i3D,8D,9D,18D,19D. The van der Waals surface area contributed by atoms with Crippen molar-refractivity contribution in [3.05, 3.63) is 158 Å². The lowest BCUT2D eigenvalue weighted by Gasteiger charge is -2.20. The van der Waals surface area contributed by atoms with Gasteiger partial charge in [0.05, 0.1) is 6.85 Å². The van der Waals surface area contributed by atoms with E-state index < -0.39 is 6.04 Å². The van der Waals surface area contributed by atoms with Gasteiger partial charge in [0.25, 0.3) is 0 Å². The first-order chi connectivity index (χ1) is 21.0. The maximum Gasteiger partial charge on any atom is 0.0629 e. The molecule has 0 aliphatic carbocycles. The summed E-state index contributed by atoms with van der Waals surface area (Å²) < 4.78 is 43.0. The van der Waals surface area contributed by atoms with Crippen LogP contribution in [0.5, 0.6) is 0 Å². The van der Waals surface area contributed by atoms with E-state index in [0.717, 1.165) is 54.9 Å². The van der Waals surface area contributed by atoms with Gasteiger partial charge in [-0.25, -0.2) is 0 Å². The first-order valence-electron chi connectivity index (χ1n) is 15.2. The maximum atomic E-state index is 8.93. The van der Waals surface area contributed by atoms with Crippen molar-refractivity contribution in [3.63, 3.8) is 0 Å². The molecule has 7 rings (SSSR count). The molecule has 0 aliphatic rings. The van der Waals surface area contributed by atoms with Crippen molar-refractivity contribution in [2.45, 2.75) is 0 Å². The Morgan fingerprint density at radius 2 is 0.895 bits per heavy atom. The minimum atomic E-state index is -0.397. The highest BCUT2D eigenvalue weighted by atomic mass is 14.2. The smallest absolute Gasteiger partial charge is 0.0622 e. The van der Waals surface area contributed by atoms with Crippen LogP contribution in [-0.2, 0) is 0 Å². The number of rotatable bonds is 4. The molecule has 0 heterocycles. The molecule has 38 heavy (non-hydrogen) atoms. The van der Waals surface area contributed by atoms with Crippen molar-refractivity contribution >= 4 is 21.5 Å². The molecule has 0 fully saturated rings. The van der Waals surface area contributed by atoms with Crippen molar-refractivity contribution in [3.8, 4) is 44.5 Å². The fourth-order valence-electron chi connectivity index (χ4n) is 5.49. The zero-order valence-corrected chi connectivity index (χ0v) is 20.6. The predicted molar refractivity (Wildman–Crippen MR) is 163 cm³/mol. The molecule has 178 valence electrons. The molecule has 7 aromatic carbocycles. The van der Waals surface area contributed by atoms with Crippen molar-refractivity contribution < 1.29 is 6.85 Å². The first kappa shape index (κ1) is 17.5. The normalized spacial score (nSPS) is 13.0. The molecule has 0 N–H and O–H groups in total. The fourth-order valence-corrected chi connectivity index (χ4v) is 5.49. The molecule has 0 unspecified atom stereocenters. The Labute approximate surface area is 230 Å². The van der Waals surface area contributed by atoms with Crippen molar-refractivity contribution in [2.75, 3.05) is 0 Å². The predicted octanol–water partition coefficient (Wildman–Crippen LogP) is 10.7. The van der Waals surface area contributed by atoms with Gasteiger partial charge in [-0.3, -0.25) is 0 Å². The lowest BCUT2D eigenvalue weighted by atomic mass is 9.83. The van der Waals surface area contributed by atoms with E-state index in [4.69, 9.17) is 6.85 Å². The molecule has 0 atom stereocenters. The van der Waals surface area contributed by atoms with Crippen LogP contribution < -0.4 is 0 Å². The number of fused-ring (bicyclic) bond motifs is 2. The second kappa shape index (κ2) is 9.50. The molecule has 0 saturated heterocycles. The van der Waals surface area contributed by atoms with E-state index in [1.54, 1.807) is 0 Å². The molecule has 0 aromatic heterocycles. The summed E-state index contributed by atoms with van der Waals surface area (Å²) in [6, 6.07) is 41.6. The quantitative estimate of drug-likeness (QED) is 0.217. The Hall–Kier alpha value is -4.94. The van der Waals surface area contributed by atoms with Gasteiger partial charge >= 0.3 is 0 Å². The second-order valence-electron chi connectivity index (χ2n) is 9.33. The van der Waals surface area contributed by atoms with Crippen LogP contribution in [0.25, 0.3) is 66.1 Å². The molecule has 0 aliphatic heterocycles. The van der Waals surface area contributed by atoms with Gasteiger partial charge in [-0.05, 0) is 72.1 Å². The molecule has 0 spiro atoms. The van der Waals surface area contributed by atoms with E-state index in [-0.39, 0.29) is 29.7 Å². The summed E-state index contributed by atoms with van der Waals surface area (Å²) in [6.45, 7) is 0. The van der Waals surface area contributed by atoms with Crippen LogP contribution in [-0.4, -0.2) is 0 Å². The average molecular weight is 488 g/mol. The van der Waals surface area contributed by atoms with E-state index in [0.29, 0.717) is 5.56 Å². The van der Waals surface area contributed by atoms with Gasteiger partial charge in [0, 0.05) is 0 Å². The van der Waals surface area contributed by atoms with E-state index in [1.165, 1.54) is 0 Å². The van der Waals surface area contributed by atoms with Crippen molar-refractivity contribution in [1.29, 1.82) is 0 Å². The van der Waals surface area contributed by atoms with Crippen LogP contribution in [0.4, 0.5) is 0 Å². The molecule has 0 saturated carbocycles. The largest absolute Gasteiger partial charge is 0.0629 e. The van der Waals surface area contributed by atoms with Crippen molar-refractivity contribution in [2.24, 2.45) is 0 Å². The topological polar surface area (TPSA) is 0 Å². The van der Waals surface area contributed by atoms with Gasteiger partial charge in [-0.15, -0.1) is 0 Å². The minimum absolute atomic E-state index is 0.208. The lowest BCUT2D eigenvalue weighted by molar-refractivity contribution is 1.60. The SMILES string of the molecule is [2H]c1c([2H])c([2H])c(-c2c3ccccc3c(-c3ccccc3-c3ccccc3)c3ccc(-c4ccccc4)cc23)c([2H])c1[2H]. The van der Waals surface area contributed by atoms with E-state index in [2.05, 4.69) is 60.7 Å². The first-order valence-corrected chi connectivity index (χ1v) is 12.7. The lowest BCUT2D eigenvalue weighted by Crippen LogP contribution is -1.93. The highest BCUT2D eigenvalue weighted by Crippen LogP contribution is 2.46. The highest BCUT2D eigenvalue weighted by molar-refractivity contribution is 6.22. The zero-order chi connectivity index (χ0) is 29.7. The van der Waals surface area contributed by atoms with Gasteiger partial charge in [0.1, 0.15) is 0 Å². The molecule has 0 bridgehead atoms. The molecule has 7 aromatic rings. The van der Waals surface area contributed by atoms with Gasteiger partial charge in [0.2, 0.25) is 0 Å². The Balaban J connectivity index is 1.69. The third kappa shape index (κ3) is 3.79. The van der Waals surface area contributed by atoms with Crippen molar-refractivity contribution in [1.82, 2.24) is 0 Å². The summed E-state index contributed by atoms with van der Waals surface area (Å²) in [5.74, 6) is 0. The summed E-state index contributed by atoms with van der Waals surface area (Å²) in [5.41, 5.74) is 7.18. The highest BCUT2D eigenvalue weighted by Gasteiger charge is 2.19. The Morgan fingerprint density at radius 3 is 1.61 bits per heavy atom. The van der Waals surface area contributed by atoms with Crippen LogP contribution >= 0.6 is 0 Å². The maximum absolute atomic E-state index is 8.93. The number of hydrogen-bond acceptors (Lipinski definition) is 0. The Morgan fingerprint density at radius 1 is 0.342 bits per heavy atom. The molecule has 0 nitrogen and oxygen atoms in total.